The molecule has 0 aromatic carbocycles. The first-order chi connectivity index (χ1) is 9.28. The van der Waals surface area contributed by atoms with Crippen molar-refractivity contribution in [2.75, 3.05) is 53.0 Å². The molecule has 2 fully saturated rings. The summed E-state index contributed by atoms with van der Waals surface area (Å²) in [5.41, 5.74) is 0. The zero-order valence-electron chi connectivity index (χ0n) is 12.0. The predicted molar refractivity (Wildman–Crippen MR) is 73.1 cm³/mol. The Balaban J connectivity index is 1.55. The van der Waals surface area contributed by atoms with Crippen LogP contribution >= 0.6 is 0 Å². The highest BCUT2D eigenvalue weighted by Crippen LogP contribution is 2.16. The first kappa shape index (κ1) is 14.8. The van der Waals surface area contributed by atoms with Gasteiger partial charge in [-0.25, -0.2) is 0 Å². The summed E-state index contributed by atoms with van der Waals surface area (Å²) in [5.74, 6) is -0.110. The molecule has 2 rings (SSSR count). The van der Waals surface area contributed by atoms with Crippen molar-refractivity contribution < 1.29 is 14.3 Å². The number of hydrogen-bond acceptors (Lipinski definition) is 5. The summed E-state index contributed by atoms with van der Waals surface area (Å²) in [6.45, 7) is 7.25. The quantitative estimate of drug-likeness (QED) is 0.666. The largest absolute Gasteiger partial charge is 0.469 e. The Bertz CT molecular complexity index is 272. The predicted octanol–water partition coefficient (Wildman–Crippen LogP) is 0.736. The number of rotatable bonds is 6. The lowest BCUT2D eigenvalue weighted by Gasteiger charge is -2.34. The molecule has 0 amide bonds. The third kappa shape index (κ3) is 5.09. The van der Waals surface area contributed by atoms with E-state index in [1.54, 1.807) is 0 Å². The van der Waals surface area contributed by atoms with E-state index in [0.29, 0.717) is 12.5 Å². The fourth-order valence-electron chi connectivity index (χ4n) is 2.79. The van der Waals surface area contributed by atoms with Crippen LogP contribution in [-0.2, 0) is 14.3 Å². The van der Waals surface area contributed by atoms with Crippen LogP contribution in [0.15, 0.2) is 0 Å². The summed E-state index contributed by atoms with van der Waals surface area (Å²) in [7, 11) is 1.45. The molecule has 1 unspecified atom stereocenters. The monoisotopic (exact) mass is 270 g/mol. The lowest BCUT2D eigenvalue weighted by molar-refractivity contribution is -0.141. The van der Waals surface area contributed by atoms with Crippen LogP contribution < -0.4 is 0 Å². The third-order valence-electron chi connectivity index (χ3n) is 4.12. The zero-order chi connectivity index (χ0) is 13.5. The lowest BCUT2D eigenvalue weighted by atomic mass is 10.1. The number of nitrogens with zero attached hydrogens (tertiary/aromatic N) is 2. The third-order valence-corrected chi connectivity index (χ3v) is 4.12. The number of esters is 1. The minimum Gasteiger partial charge on any atom is -0.469 e. The zero-order valence-corrected chi connectivity index (χ0v) is 12.0. The van der Waals surface area contributed by atoms with E-state index in [9.17, 15) is 4.79 Å². The molecule has 0 saturated carbocycles. The van der Waals surface area contributed by atoms with Gasteiger partial charge in [0.15, 0.2) is 0 Å². The highest BCUT2D eigenvalue weighted by Gasteiger charge is 2.20. The number of carbonyl (C=O) groups is 1. The first-order valence-corrected chi connectivity index (χ1v) is 7.41. The fourth-order valence-corrected chi connectivity index (χ4v) is 2.79. The number of hydrogen-bond donors (Lipinski definition) is 0. The van der Waals surface area contributed by atoms with Crippen molar-refractivity contribution in [3.8, 4) is 0 Å². The van der Waals surface area contributed by atoms with Crippen molar-refractivity contribution in [1.29, 1.82) is 0 Å². The minimum atomic E-state index is -0.110. The van der Waals surface area contributed by atoms with Gasteiger partial charge in [0.2, 0.25) is 0 Å². The average molecular weight is 270 g/mol. The molecule has 1 atom stereocenters. The molecule has 110 valence electrons. The molecular weight excluding hydrogens is 244 g/mol. The summed E-state index contributed by atoms with van der Waals surface area (Å²) < 4.78 is 10.3. The maximum Gasteiger partial charge on any atom is 0.306 e. The second-order valence-electron chi connectivity index (χ2n) is 5.43. The molecule has 19 heavy (non-hydrogen) atoms. The fraction of sp³-hybridized carbons (Fsp3) is 0.929. The van der Waals surface area contributed by atoms with Gasteiger partial charge in [-0.2, -0.15) is 0 Å². The van der Waals surface area contributed by atoms with Crippen molar-refractivity contribution in [3.63, 3.8) is 0 Å². The number of carbonyl (C=O) groups excluding carboxylic acids is 1. The van der Waals surface area contributed by atoms with Crippen molar-refractivity contribution in [2.45, 2.75) is 31.8 Å². The van der Waals surface area contributed by atoms with Crippen LogP contribution in [0.1, 0.15) is 25.7 Å². The Hall–Kier alpha value is -0.650. The number of ether oxygens (including phenoxy) is 2. The van der Waals surface area contributed by atoms with Gasteiger partial charge in [-0.05, 0) is 19.3 Å². The SMILES string of the molecule is COC(=O)CCN1CCN(CCC2CCCO2)CC1. The van der Waals surface area contributed by atoms with Crippen molar-refractivity contribution in [2.24, 2.45) is 0 Å². The van der Waals surface area contributed by atoms with E-state index in [1.165, 1.54) is 26.4 Å². The highest BCUT2D eigenvalue weighted by atomic mass is 16.5. The number of methoxy groups -OCH3 is 1. The van der Waals surface area contributed by atoms with Crippen molar-refractivity contribution in [3.05, 3.63) is 0 Å². The molecule has 5 heteroatoms. The van der Waals surface area contributed by atoms with Gasteiger partial charge < -0.3 is 19.3 Å². The van der Waals surface area contributed by atoms with Gasteiger partial charge in [-0.3, -0.25) is 4.79 Å². The van der Waals surface area contributed by atoms with Crippen LogP contribution in [0.5, 0.6) is 0 Å². The Morgan fingerprint density at radius 3 is 2.47 bits per heavy atom. The van der Waals surface area contributed by atoms with Gasteiger partial charge in [-0.1, -0.05) is 0 Å². The number of piperazine rings is 1. The second kappa shape index (κ2) is 7.82. The molecule has 0 spiro atoms. The Morgan fingerprint density at radius 1 is 1.21 bits per heavy atom. The van der Waals surface area contributed by atoms with E-state index in [1.807, 2.05) is 0 Å². The maximum absolute atomic E-state index is 11.1. The molecule has 2 aliphatic heterocycles. The summed E-state index contributed by atoms with van der Waals surface area (Å²) in [6.07, 6.45) is 4.64. The molecule has 2 saturated heterocycles. The summed E-state index contributed by atoms with van der Waals surface area (Å²) in [4.78, 5) is 16.0. The van der Waals surface area contributed by atoms with Crippen LogP contribution in [0, 0.1) is 0 Å². The molecule has 0 aromatic rings. The Labute approximate surface area is 115 Å². The second-order valence-corrected chi connectivity index (χ2v) is 5.43. The maximum atomic E-state index is 11.1. The van der Waals surface area contributed by atoms with Gasteiger partial charge in [0.1, 0.15) is 0 Å². The van der Waals surface area contributed by atoms with E-state index in [-0.39, 0.29) is 5.97 Å². The van der Waals surface area contributed by atoms with Gasteiger partial charge in [0.05, 0.1) is 19.6 Å². The average Bonchev–Trinajstić information content (AvgIpc) is 2.97. The summed E-state index contributed by atoms with van der Waals surface area (Å²) >= 11 is 0. The standard InChI is InChI=1S/C14H26N2O3/c1-18-14(17)5-7-16-10-8-15(9-11-16)6-4-13-3-2-12-19-13/h13H,2-12H2,1H3. The van der Waals surface area contributed by atoms with Gasteiger partial charge in [-0.15, -0.1) is 0 Å². The van der Waals surface area contributed by atoms with E-state index in [0.717, 1.165) is 45.9 Å². The molecule has 2 heterocycles. The molecule has 0 radical (unpaired) electrons. The summed E-state index contributed by atoms with van der Waals surface area (Å²) in [5, 5.41) is 0. The van der Waals surface area contributed by atoms with Crippen LogP contribution in [0.4, 0.5) is 0 Å². The molecule has 0 bridgehead atoms. The van der Waals surface area contributed by atoms with Gasteiger partial charge in [0, 0.05) is 45.9 Å². The van der Waals surface area contributed by atoms with Gasteiger partial charge in [0.25, 0.3) is 0 Å². The topological polar surface area (TPSA) is 42.0 Å². The smallest absolute Gasteiger partial charge is 0.306 e. The molecular formula is C14H26N2O3. The van der Waals surface area contributed by atoms with E-state index >= 15 is 0 Å². The molecule has 0 aliphatic carbocycles. The van der Waals surface area contributed by atoms with E-state index in [4.69, 9.17) is 4.74 Å². The molecule has 0 N–H and O–H groups in total. The first-order valence-electron chi connectivity index (χ1n) is 7.41. The Morgan fingerprint density at radius 2 is 1.89 bits per heavy atom. The lowest BCUT2D eigenvalue weighted by Crippen LogP contribution is -2.47. The highest BCUT2D eigenvalue weighted by molar-refractivity contribution is 5.69. The van der Waals surface area contributed by atoms with Crippen LogP contribution in [0.25, 0.3) is 0 Å². The van der Waals surface area contributed by atoms with Crippen molar-refractivity contribution in [1.82, 2.24) is 9.80 Å². The Kier molecular flexibility index (Phi) is 6.07. The molecule has 0 aromatic heterocycles. The van der Waals surface area contributed by atoms with Gasteiger partial charge >= 0.3 is 5.97 Å². The van der Waals surface area contributed by atoms with Crippen LogP contribution in [-0.4, -0.2) is 74.9 Å². The summed E-state index contributed by atoms with van der Waals surface area (Å²) in [6, 6.07) is 0. The van der Waals surface area contributed by atoms with Crippen LogP contribution in [0.3, 0.4) is 0 Å². The van der Waals surface area contributed by atoms with E-state index < -0.39 is 0 Å². The normalized spacial score (nSPS) is 25.6. The van der Waals surface area contributed by atoms with Crippen molar-refractivity contribution >= 4 is 5.97 Å². The molecule has 2 aliphatic rings. The molecule has 5 nitrogen and oxygen atoms in total. The minimum absolute atomic E-state index is 0.110. The van der Waals surface area contributed by atoms with E-state index in [2.05, 4.69) is 14.5 Å². The van der Waals surface area contributed by atoms with Crippen LogP contribution in [0.2, 0.25) is 0 Å².